The van der Waals surface area contributed by atoms with Gasteiger partial charge < -0.3 is 14.8 Å². The Kier molecular flexibility index (Phi) is 3.94. The van der Waals surface area contributed by atoms with E-state index in [0.717, 1.165) is 0 Å². The van der Waals surface area contributed by atoms with Gasteiger partial charge in [-0.15, -0.1) is 0 Å². The Morgan fingerprint density at radius 3 is 2.95 bits per heavy atom. The fourth-order valence-electron chi connectivity index (χ4n) is 2.92. The lowest BCUT2D eigenvalue weighted by Gasteiger charge is -2.21. The zero-order valence-corrected chi connectivity index (χ0v) is 12.8. The minimum Gasteiger partial charge on any atom is -0.395 e. The zero-order valence-electron chi connectivity index (χ0n) is 12.0. The predicted molar refractivity (Wildman–Crippen MR) is 78.4 cm³/mol. The summed E-state index contributed by atoms with van der Waals surface area (Å²) in [4.78, 5) is 2.66. The summed E-state index contributed by atoms with van der Waals surface area (Å²) in [5, 5.41) is 9.48. The van der Waals surface area contributed by atoms with Crippen LogP contribution in [0.1, 0.15) is 6.42 Å². The summed E-state index contributed by atoms with van der Waals surface area (Å²) in [6.07, 6.45) is 1.43. The first-order valence-electron chi connectivity index (χ1n) is 6.90. The predicted octanol–water partition coefficient (Wildman–Crippen LogP) is 1.08. The lowest BCUT2D eigenvalue weighted by molar-refractivity contribution is 0.113. The molecule has 0 amide bonds. The molecule has 2 aromatic rings. The van der Waals surface area contributed by atoms with Crippen molar-refractivity contribution in [3.63, 3.8) is 0 Å². The zero-order chi connectivity index (χ0) is 15.9. The molecule has 3 rings (SSSR count). The Labute approximate surface area is 127 Å². The van der Waals surface area contributed by atoms with Gasteiger partial charge in [0, 0.05) is 25.4 Å². The molecule has 1 aromatic carbocycles. The van der Waals surface area contributed by atoms with Gasteiger partial charge in [0.15, 0.2) is 0 Å². The molecule has 120 valence electrons. The Morgan fingerprint density at radius 1 is 1.50 bits per heavy atom. The van der Waals surface area contributed by atoms with Gasteiger partial charge in [-0.2, -0.15) is 4.31 Å². The molecular weight excluding hydrogens is 311 g/mol. The van der Waals surface area contributed by atoms with Gasteiger partial charge in [-0.25, -0.2) is 12.8 Å². The number of aliphatic hydroxyl groups is 1. The first-order chi connectivity index (χ1) is 10.5. The van der Waals surface area contributed by atoms with Crippen LogP contribution in [0.5, 0.6) is 0 Å². The summed E-state index contributed by atoms with van der Waals surface area (Å²) < 4.78 is 46.2. The number of aromatic amines is 1. The molecular formula is C14H17FN2O4S. The molecule has 6 nitrogen and oxygen atoms in total. The molecule has 1 aromatic heterocycles. The van der Waals surface area contributed by atoms with E-state index in [0.29, 0.717) is 11.9 Å². The van der Waals surface area contributed by atoms with E-state index < -0.39 is 21.9 Å². The number of nitrogens with zero attached hydrogens (tertiary/aromatic N) is 1. The van der Waals surface area contributed by atoms with E-state index in [2.05, 4.69) is 4.98 Å². The Hall–Kier alpha value is -1.48. The molecule has 0 saturated carbocycles. The number of hydrogen-bond donors (Lipinski definition) is 2. The number of H-pyrrole nitrogens is 1. The normalized spacial score (nSPS) is 23.4. The number of methoxy groups -OCH3 is 1. The summed E-state index contributed by atoms with van der Waals surface area (Å²) >= 11 is 0. The molecule has 1 saturated heterocycles. The second kappa shape index (κ2) is 5.62. The monoisotopic (exact) mass is 328 g/mol. The van der Waals surface area contributed by atoms with E-state index >= 15 is 0 Å². The van der Waals surface area contributed by atoms with Crippen molar-refractivity contribution in [3.8, 4) is 0 Å². The number of nitrogens with one attached hydrogen (secondary N) is 1. The van der Waals surface area contributed by atoms with E-state index in [1.54, 1.807) is 6.07 Å². The quantitative estimate of drug-likeness (QED) is 0.880. The number of hydrogen-bond acceptors (Lipinski definition) is 4. The lowest BCUT2D eigenvalue weighted by atomic mass is 10.2. The number of sulfonamides is 1. The van der Waals surface area contributed by atoms with E-state index in [1.807, 2.05) is 0 Å². The highest BCUT2D eigenvalue weighted by atomic mass is 32.2. The summed E-state index contributed by atoms with van der Waals surface area (Å²) in [7, 11) is -2.43. The Bertz CT molecular complexity index is 789. The van der Waals surface area contributed by atoms with Gasteiger partial charge in [-0.1, -0.05) is 6.07 Å². The number of rotatable bonds is 4. The van der Waals surface area contributed by atoms with Crippen LogP contribution in [0.2, 0.25) is 0 Å². The topological polar surface area (TPSA) is 82.6 Å². The van der Waals surface area contributed by atoms with Crippen molar-refractivity contribution in [2.45, 2.75) is 23.5 Å². The van der Waals surface area contributed by atoms with Crippen LogP contribution in [-0.4, -0.2) is 55.2 Å². The maximum absolute atomic E-state index is 14.0. The van der Waals surface area contributed by atoms with Gasteiger partial charge in [0.25, 0.3) is 0 Å². The van der Waals surface area contributed by atoms with Gasteiger partial charge >= 0.3 is 0 Å². The molecule has 0 spiro atoms. The smallest absolute Gasteiger partial charge is 0.245 e. The summed E-state index contributed by atoms with van der Waals surface area (Å²) in [6.45, 7) is -0.158. The number of aliphatic hydroxyl groups excluding tert-OH is 1. The van der Waals surface area contributed by atoms with Crippen LogP contribution in [-0.2, 0) is 14.8 Å². The molecule has 22 heavy (non-hydrogen) atoms. The first kappa shape index (κ1) is 15.4. The van der Waals surface area contributed by atoms with Crippen molar-refractivity contribution < 1.29 is 22.7 Å². The second-order valence-corrected chi connectivity index (χ2v) is 7.18. The third-order valence-electron chi connectivity index (χ3n) is 4.08. The largest absolute Gasteiger partial charge is 0.395 e. The third-order valence-corrected chi connectivity index (χ3v) is 6.02. The number of halogens is 1. The van der Waals surface area contributed by atoms with Crippen LogP contribution in [0.3, 0.4) is 0 Å². The summed E-state index contributed by atoms with van der Waals surface area (Å²) in [5.41, 5.74) is 0.418. The van der Waals surface area contributed by atoms with Crippen molar-refractivity contribution in [3.05, 3.63) is 30.2 Å². The number of benzene rings is 1. The highest BCUT2D eigenvalue weighted by Gasteiger charge is 2.41. The van der Waals surface area contributed by atoms with Gasteiger partial charge in [0.1, 0.15) is 10.7 Å². The van der Waals surface area contributed by atoms with Crippen LogP contribution in [0.4, 0.5) is 4.39 Å². The van der Waals surface area contributed by atoms with Crippen molar-refractivity contribution in [1.29, 1.82) is 0 Å². The molecule has 8 heteroatoms. The number of ether oxygens (including phenoxy) is 1. The van der Waals surface area contributed by atoms with Gasteiger partial charge in [0.2, 0.25) is 10.0 Å². The maximum Gasteiger partial charge on any atom is 0.245 e. The average molecular weight is 328 g/mol. The standard InChI is InChI=1S/C14H17FN2O4S/c1-21-10-5-9(8-18)17(7-10)22(19,20)13-6-16-12-4-2-3-11(15)14(12)13/h2-4,6,9-10,16,18H,5,7-8H2,1H3/t9-,10-/m0/s1. The van der Waals surface area contributed by atoms with Crippen LogP contribution < -0.4 is 0 Å². The molecule has 0 unspecified atom stereocenters. The van der Waals surface area contributed by atoms with Crippen LogP contribution in [0, 0.1) is 5.82 Å². The highest BCUT2D eigenvalue weighted by Crippen LogP contribution is 2.32. The van der Waals surface area contributed by atoms with Crippen molar-refractivity contribution in [2.24, 2.45) is 0 Å². The summed E-state index contributed by atoms with van der Waals surface area (Å²) in [6, 6.07) is 3.79. The molecule has 2 heterocycles. The average Bonchev–Trinajstić information content (AvgIpc) is 3.12. The maximum atomic E-state index is 14.0. The molecule has 1 aliphatic heterocycles. The van der Waals surface area contributed by atoms with Gasteiger partial charge in [0.05, 0.1) is 24.1 Å². The molecule has 0 aliphatic carbocycles. The Morgan fingerprint density at radius 2 is 2.27 bits per heavy atom. The second-order valence-electron chi connectivity index (χ2n) is 5.32. The molecule has 1 fully saturated rings. The highest BCUT2D eigenvalue weighted by molar-refractivity contribution is 7.89. The Balaban J connectivity index is 2.09. The molecule has 1 aliphatic rings. The summed E-state index contributed by atoms with van der Waals surface area (Å²) in [5.74, 6) is -0.597. The van der Waals surface area contributed by atoms with E-state index in [-0.39, 0.29) is 29.5 Å². The lowest BCUT2D eigenvalue weighted by Crippen LogP contribution is -2.38. The number of fused-ring (bicyclic) bond motifs is 1. The van der Waals surface area contributed by atoms with Crippen molar-refractivity contribution in [1.82, 2.24) is 9.29 Å². The van der Waals surface area contributed by atoms with Crippen LogP contribution >= 0.6 is 0 Å². The fraction of sp³-hybridized carbons (Fsp3) is 0.429. The first-order valence-corrected chi connectivity index (χ1v) is 8.34. The van der Waals surface area contributed by atoms with E-state index in [1.165, 1.54) is 29.7 Å². The van der Waals surface area contributed by atoms with Crippen molar-refractivity contribution in [2.75, 3.05) is 20.3 Å². The van der Waals surface area contributed by atoms with Gasteiger partial charge in [-0.3, -0.25) is 0 Å². The van der Waals surface area contributed by atoms with Crippen molar-refractivity contribution >= 4 is 20.9 Å². The molecule has 0 bridgehead atoms. The molecule has 2 N–H and O–H groups in total. The molecule has 0 radical (unpaired) electrons. The van der Waals surface area contributed by atoms with Crippen LogP contribution in [0.25, 0.3) is 10.9 Å². The van der Waals surface area contributed by atoms with E-state index in [4.69, 9.17) is 4.74 Å². The SMILES string of the molecule is CO[C@H]1C[C@@H](CO)N(S(=O)(=O)c2c[nH]c3cccc(F)c23)C1. The minimum atomic E-state index is -3.93. The molecule has 2 atom stereocenters. The van der Waals surface area contributed by atoms with E-state index in [9.17, 15) is 17.9 Å². The third kappa shape index (κ3) is 2.32. The minimum absolute atomic E-state index is 0.0417. The number of aromatic nitrogens is 1. The fourth-order valence-corrected chi connectivity index (χ4v) is 4.75. The van der Waals surface area contributed by atoms with Crippen LogP contribution in [0.15, 0.2) is 29.3 Å². The van der Waals surface area contributed by atoms with Gasteiger partial charge in [-0.05, 0) is 18.6 Å².